The molecule has 0 radical (unpaired) electrons. The number of aryl methyl sites for hydroxylation is 1. The molecule has 2 aromatic carbocycles. The Hall–Kier alpha value is -2.51. The van der Waals surface area contributed by atoms with Gasteiger partial charge in [0.2, 0.25) is 5.91 Å². The first-order valence-electron chi connectivity index (χ1n) is 10.9. The maximum atomic E-state index is 13.9. The zero-order valence-corrected chi connectivity index (χ0v) is 19.6. The van der Waals surface area contributed by atoms with Crippen LogP contribution in [-0.2, 0) is 20.7 Å². The number of ether oxygens (including phenoxy) is 2. The van der Waals surface area contributed by atoms with E-state index in [9.17, 15) is 14.4 Å². The summed E-state index contributed by atoms with van der Waals surface area (Å²) in [5.74, 6) is -1.38. The Morgan fingerprint density at radius 2 is 1.81 bits per heavy atom. The summed E-state index contributed by atoms with van der Waals surface area (Å²) in [5, 5.41) is 0. The number of ketones is 1. The van der Waals surface area contributed by atoms with Crippen LogP contribution in [-0.4, -0.2) is 48.9 Å². The van der Waals surface area contributed by atoms with Crippen molar-refractivity contribution < 1.29 is 23.9 Å². The van der Waals surface area contributed by atoms with Gasteiger partial charge < -0.3 is 14.4 Å². The zero-order valence-electron chi connectivity index (χ0n) is 18.0. The van der Waals surface area contributed by atoms with Gasteiger partial charge in [-0.25, -0.2) is 0 Å². The standard InChI is InChI=1S/C25H24BrNO5/c1-3-15-4-6-16(7-5-15)21(28)24(2)20-18-14-17(26)8-9-19(18)32-23(30)25(20,24)22(29)27-10-12-31-13-11-27/h4-9,14,20H,3,10-13H2,1-2H3/t20-,24+,25+/m1/s1. The molecule has 1 aliphatic carbocycles. The fourth-order valence-electron chi connectivity index (χ4n) is 5.46. The summed E-state index contributed by atoms with van der Waals surface area (Å²) < 4.78 is 11.9. The molecule has 6 nitrogen and oxygen atoms in total. The molecular formula is C25H24BrNO5. The number of morpholine rings is 1. The minimum Gasteiger partial charge on any atom is -0.425 e. The van der Waals surface area contributed by atoms with Crippen LogP contribution in [0.3, 0.4) is 0 Å². The molecule has 1 amide bonds. The first-order chi connectivity index (χ1) is 15.4. The highest BCUT2D eigenvalue weighted by Crippen LogP contribution is 2.78. The monoisotopic (exact) mass is 497 g/mol. The van der Waals surface area contributed by atoms with Crippen LogP contribution in [0.5, 0.6) is 5.75 Å². The molecule has 3 atom stereocenters. The van der Waals surface area contributed by atoms with E-state index in [1.807, 2.05) is 25.1 Å². The van der Waals surface area contributed by atoms with E-state index in [4.69, 9.17) is 9.47 Å². The van der Waals surface area contributed by atoms with Crippen LogP contribution >= 0.6 is 15.9 Å². The Morgan fingerprint density at radius 1 is 1.12 bits per heavy atom. The molecule has 166 valence electrons. The highest BCUT2D eigenvalue weighted by Gasteiger charge is 2.88. The van der Waals surface area contributed by atoms with E-state index in [0.717, 1.165) is 16.5 Å². The Bertz CT molecular complexity index is 1120. The Morgan fingerprint density at radius 3 is 2.47 bits per heavy atom. The molecular weight excluding hydrogens is 474 g/mol. The van der Waals surface area contributed by atoms with Gasteiger partial charge in [0.25, 0.3) is 0 Å². The van der Waals surface area contributed by atoms with Crippen molar-refractivity contribution in [3.8, 4) is 5.75 Å². The normalized spacial score (nSPS) is 28.4. The summed E-state index contributed by atoms with van der Waals surface area (Å²) in [6.45, 7) is 5.39. The molecule has 0 N–H and O–H groups in total. The van der Waals surface area contributed by atoms with Crippen LogP contribution in [0.4, 0.5) is 0 Å². The minimum atomic E-state index is -1.57. The van der Waals surface area contributed by atoms with Gasteiger partial charge >= 0.3 is 5.97 Å². The van der Waals surface area contributed by atoms with Crippen LogP contribution in [0, 0.1) is 10.8 Å². The molecule has 7 heteroatoms. The molecule has 0 aromatic heterocycles. The molecule has 2 aromatic rings. The number of esters is 1. The molecule has 0 unspecified atom stereocenters. The van der Waals surface area contributed by atoms with E-state index in [1.165, 1.54) is 0 Å². The smallest absolute Gasteiger partial charge is 0.328 e. The van der Waals surface area contributed by atoms with Crippen molar-refractivity contribution in [2.24, 2.45) is 10.8 Å². The van der Waals surface area contributed by atoms with E-state index < -0.39 is 22.7 Å². The Balaban J connectivity index is 1.64. The highest BCUT2D eigenvalue weighted by molar-refractivity contribution is 9.10. The molecule has 1 saturated carbocycles. The van der Waals surface area contributed by atoms with Crippen molar-refractivity contribution in [3.05, 3.63) is 63.6 Å². The van der Waals surface area contributed by atoms with Crippen LogP contribution < -0.4 is 4.74 Å². The summed E-state index contributed by atoms with van der Waals surface area (Å²) >= 11 is 3.48. The van der Waals surface area contributed by atoms with E-state index in [0.29, 0.717) is 43.2 Å². The van der Waals surface area contributed by atoms with Crippen molar-refractivity contribution in [3.63, 3.8) is 0 Å². The quantitative estimate of drug-likeness (QED) is 0.278. The zero-order chi connectivity index (χ0) is 22.7. The fourth-order valence-corrected chi connectivity index (χ4v) is 5.84. The maximum absolute atomic E-state index is 13.9. The average Bonchev–Trinajstić information content (AvgIpc) is 3.42. The third kappa shape index (κ3) is 2.77. The first-order valence-corrected chi connectivity index (χ1v) is 11.7. The largest absolute Gasteiger partial charge is 0.425 e. The summed E-state index contributed by atoms with van der Waals surface area (Å²) in [5.41, 5.74) is -0.482. The second-order valence-corrected chi connectivity index (χ2v) is 9.71. The topological polar surface area (TPSA) is 72.9 Å². The third-order valence-electron chi connectivity index (χ3n) is 7.29. The molecule has 2 aliphatic heterocycles. The van der Waals surface area contributed by atoms with Crippen LogP contribution in [0.25, 0.3) is 0 Å². The second kappa shape index (κ2) is 7.52. The maximum Gasteiger partial charge on any atom is 0.328 e. The highest BCUT2D eigenvalue weighted by atomic mass is 79.9. The predicted molar refractivity (Wildman–Crippen MR) is 121 cm³/mol. The van der Waals surface area contributed by atoms with E-state index in [-0.39, 0.29) is 11.7 Å². The lowest BCUT2D eigenvalue weighted by molar-refractivity contribution is -0.156. The SMILES string of the molecule is CCc1ccc(C(=O)[C@]2(C)[C@H]3c4cc(Br)ccc4OC(=O)[C@@]32C(=O)N2CCOCC2)cc1. The van der Waals surface area contributed by atoms with E-state index in [2.05, 4.69) is 15.9 Å². The van der Waals surface area contributed by atoms with E-state index >= 15 is 0 Å². The number of rotatable bonds is 4. The van der Waals surface area contributed by atoms with Crippen molar-refractivity contribution in [2.45, 2.75) is 26.2 Å². The van der Waals surface area contributed by atoms with Gasteiger partial charge in [0.1, 0.15) is 5.75 Å². The Kier molecular flexibility index (Phi) is 5.02. The molecule has 0 bridgehead atoms. The molecule has 3 aliphatic rings. The summed E-state index contributed by atoms with van der Waals surface area (Å²) in [4.78, 5) is 42.9. The lowest BCUT2D eigenvalue weighted by atomic mass is 9.85. The van der Waals surface area contributed by atoms with Crippen molar-refractivity contribution >= 4 is 33.6 Å². The lowest BCUT2D eigenvalue weighted by Gasteiger charge is -2.32. The predicted octanol–water partition coefficient (Wildman–Crippen LogP) is 3.76. The van der Waals surface area contributed by atoms with Crippen LogP contribution in [0.2, 0.25) is 0 Å². The number of fused-ring (bicyclic) bond motifs is 3. The van der Waals surface area contributed by atoms with Crippen molar-refractivity contribution in [1.29, 1.82) is 0 Å². The number of hydrogen-bond acceptors (Lipinski definition) is 5. The van der Waals surface area contributed by atoms with Gasteiger partial charge in [0, 0.05) is 34.6 Å². The number of benzene rings is 2. The van der Waals surface area contributed by atoms with Gasteiger partial charge in [-0.1, -0.05) is 47.1 Å². The summed E-state index contributed by atoms with van der Waals surface area (Å²) in [6.07, 6.45) is 0.863. The number of halogens is 1. The molecule has 2 heterocycles. The van der Waals surface area contributed by atoms with Gasteiger partial charge in [-0.2, -0.15) is 0 Å². The summed E-state index contributed by atoms with van der Waals surface area (Å²) in [6, 6.07) is 12.8. The lowest BCUT2D eigenvalue weighted by Crippen LogP contribution is -2.50. The number of carbonyl (C=O) groups excluding carboxylic acids is 3. The van der Waals surface area contributed by atoms with Gasteiger partial charge in [0.05, 0.1) is 18.6 Å². The van der Waals surface area contributed by atoms with Gasteiger partial charge in [-0.05, 0) is 37.1 Å². The fraction of sp³-hybridized carbons (Fsp3) is 0.400. The number of amides is 1. The van der Waals surface area contributed by atoms with Crippen LogP contribution in [0.1, 0.15) is 41.3 Å². The number of hydrogen-bond donors (Lipinski definition) is 0. The van der Waals surface area contributed by atoms with Crippen LogP contribution in [0.15, 0.2) is 46.9 Å². The minimum absolute atomic E-state index is 0.212. The molecule has 1 saturated heterocycles. The van der Waals surface area contributed by atoms with Gasteiger partial charge in [-0.3, -0.25) is 14.4 Å². The summed E-state index contributed by atoms with van der Waals surface area (Å²) in [7, 11) is 0. The molecule has 32 heavy (non-hydrogen) atoms. The van der Waals surface area contributed by atoms with Crippen molar-refractivity contribution in [1.82, 2.24) is 4.90 Å². The molecule has 0 spiro atoms. The van der Waals surface area contributed by atoms with Gasteiger partial charge in [0.15, 0.2) is 11.2 Å². The van der Waals surface area contributed by atoms with E-state index in [1.54, 1.807) is 36.1 Å². The average molecular weight is 498 g/mol. The number of Topliss-reactive ketones (excluding diaryl/α,β-unsaturated/α-hetero) is 1. The Labute approximate surface area is 195 Å². The molecule has 2 fully saturated rings. The number of carbonyl (C=O) groups is 3. The third-order valence-corrected chi connectivity index (χ3v) is 7.78. The molecule has 5 rings (SSSR count). The number of nitrogens with zero attached hydrogens (tertiary/aromatic N) is 1. The van der Waals surface area contributed by atoms with Gasteiger partial charge in [-0.15, -0.1) is 0 Å². The van der Waals surface area contributed by atoms with Crippen molar-refractivity contribution in [2.75, 3.05) is 26.3 Å². The second-order valence-electron chi connectivity index (χ2n) is 8.80. The first kappa shape index (κ1) is 21.3.